The predicted molar refractivity (Wildman–Crippen MR) is 79.2 cm³/mol. The van der Waals surface area contributed by atoms with Crippen molar-refractivity contribution in [2.24, 2.45) is 5.92 Å². The molecule has 104 valence electrons. The Bertz CT molecular complexity index is 602. The maximum Gasteiger partial charge on any atom is 0.307 e. The van der Waals surface area contributed by atoms with Gasteiger partial charge >= 0.3 is 5.97 Å². The molecule has 20 heavy (non-hydrogen) atoms. The number of aromatic nitrogens is 1. The summed E-state index contributed by atoms with van der Waals surface area (Å²) in [5, 5.41) is 10.1. The van der Waals surface area contributed by atoms with Crippen LogP contribution in [0.3, 0.4) is 0 Å². The second kappa shape index (κ2) is 6.73. The summed E-state index contributed by atoms with van der Waals surface area (Å²) in [6, 6.07) is 11.0. The first-order chi connectivity index (χ1) is 9.56. The van der Waals surface area contributed by atoms with Crippen LogP contribution in [-0.2, 0) is 17.6 Å². The highest BCUT2D eigenvalue weighted by molar-refractivity contribution is 6.34. The molecule has 0 aliphatic rings. The fourth-order valence-corrected chi connectivity index (χ4v) is 2.44. The van der Waals surface area contributed by atoms with Crippen molar-refractivity contribution in [3.63, 3.8) is 0 Å². The van der Waals surface area contributed by atoms with E-state index >= 15 is 0 Å². The zero-order valence-corrected chi connectivity index (χ0v) is 12.1. The van der Waals surface area contributed by atoms with E-state index in [1.54, 1.807) is 0 Å². The first-order valence-corrected chi connectivity index (χ1v) is 6.88. The van der Waals surface area contributed by atoms with Crippen LogP contribution in [0.25, 0.3) is 0 Å². The van der Waals surface area contributed by atoms with Crippen molar-refractivity contribution in [2.45, 2.75) is 12.8 Å². The van der Waals surface area contributed by atoms with Crippen LogP contribution in [0, 0.1) is 5.92 Å². The van der Waals surface area contributed by atoms with Crippen molar-refractivity contribution in [3.05, 3.63) is 63.9 Å². The van der Waals surface area contributed by atoms with Crippen LogP contribution in [0.1, 0.15) is 11.1 Å². The minimum Gasteiger partial charge on any atom is -0.481 e. The van der Waals surface area contributed by atoms with Gasteiger partial charge in [-0.1, -0.05) is 53.5 Å². The molecule has 1 heterocycles. The van der Waals surface area contributed by atoms with E-state index in [0.717, 1.165) is 5.56 Å². The van der Waals surface area contributed by atoms with E-state index in [9.17, 15) is 9.90 Å². The van der Waals surface area contributed by atoms with Crippen LogP contribution in [0.15, 0.2) is 42.6 Å². The van der Waals surface area contributed by atoms with Crippen LogP contribution in [-0.4, -0.2) is 16.1 Å². The third-order valence-corrected chi connectivity index (χ3v) is 3.60. The highest BCUT2D eigenvalue weighted by Crippen LogP contribution is 2.23. The molecule has 1 aromatic heterocycles. The monoisotopic (exact) mass is 309 g/mol. The third-order valence-electron chi connectivity index (χ3n) is 3.04. The van der Waals surface area contributed by atoms with E-state index in [0.29, 0.717) is 28.6 Å². The van der Waals surface area contributed by atoms with Gasteiger partial charge in [-0.15, -0.1) is 0 Å². The molecule has 0 spiro atoms. The van der Waals surface area contributed by atoms with Crippen LogP contribution in [0.5, 0.6) is 0 Å². The molecule has 0 bridgehead atoms. The largest absolute Gasteiger partial charge is 0.481 e. The molecular weight excluding hydrogens is 297 g/mol. The molecule has 0 saturated heterocycles. The molecule has 0 amide bonds. The Morgan fingerprint density at radius 3 is 2.50 bits per heavy atom. The second-order valence-corrected chi connectivity index (χ2v) is 5.32. The van der Waals surface area contributed by atoms with Gasteiger partial charge in [-0.05, 0) is 30.0 Å². The van der Waals surface area contributed by atoms with Gasteiger partial charge in [-0.2, -0.15) is 0 Å². The lowest BCUT2D eigenvalue weighted by Gasteiger charge is -2.13. The highest BCUT2D eigenvalue weighted by Gasteiger charge is 2.20. The van der Waals surface area contributed by atoms with Gasteiger partial charge in [-0.25, -0.2) is 4.98 Å². The number of nitrogens with zero attached hydrogens (tertiary/aromatic N) is 1. The lowest BCUT2D eigenvalue weighted by molar-refractivity contribution is -0.141. The second-order valence-electron chi connectivity index (χ2n) is 4.53. The predicted octanol–water partition coefficient (Wildman–Crippen LogP) is 3.87. The molecule has 2 aromatic rings. The van der Waals surface area contributed by atoms with Gasteiger partial charge in [0.1, 0.15) is 5.15 Å². The summed E-state index contributed by atoms with van der Waals surface area (Å²) in [5.41, 5.74) is 1.68. The van der Waals surface area contributed by atoms with E-state index in [4.69, 9.17) is 23.2 Å². The number of pyridine rings is 1. The SMILES string of the molecule is O=C(O)C(Cc1ccccc1)Cc1cnc(Cl)cc1Cl. The summed E-state index contributed by atoms with van der Waals surface area (Å²) in [5.74, 6) is -1.39. The van der Waals surface area contributed by atoms with Crippen molar-refractivity contribution >= 4 is 29.2 Å². The third kappa shape index (κ3) is 3.95. The number of carbonyl (C=O) groups is 1. The zero-order valence-electron chi connectivity index (χ0n) is 10.6. The molecule has 0 aliphatic heterocycles. The molecule has 0 fully saturated rings. The van der Waals surface area contributed by atoms with Gasteiger partial charge in [0.2, 0.25) is 0 Å². The first-order valence-electron chi connectivity index (χ1n) is 6.13. The highest BCUT2D eigenvalue weighted by atomic mass is 35.5. The number of benzene rings is 1. The Labute approximate surface area is 127 Å². The summed E-state index contributed by atoms with van der Waals surface area (Å²) in [4.78, 5) is 15.3. The number of carboxylic acids is 1. The molecular formula is C15H13Cl2NO2. The summed E-state index contributed by atoms with van der Waals surface area (Å²) in [7, 11) is 0. The van der Waals surface area contributed by atoms with Crippen LogP contribution in [0.2, 0.25) is 10.2 Å². The van der Waals surface area contributed by atoms with Gasteiger partial charge < -0.3 is 5.11 Å². The average Bonchev–Trinajstić information content (AvgIpc) is 2.42. The smallest absolute Gasteiger partial charge is 0.307 e. The topological polar surface area (TPSA) is 50.2 Å². The van der Waals surface area contributed by atoms with Crippen LogP contribution >= 0.6 is 23.2 Å². The summed E-state index contributed by atoms with van der Waals surface area (Å²) < 4.78 is 0. The standard InChI is InChI=1S/C15H13Cl2NO2/c16-13-8-14(17)18-9-12(13)7-11(15(19)20)6-10-4-2-1-3-5-10/h1-5,8-9,11H,6-7H2,(H,19,20). The molecule has 2 rings (SSSR count). The fourth-order valence-electron chi connectivity index (χ4n) is 2.00. The quantitative estimate of drug-likeness (QED) is 0.853. The van der Waals surface area contributed by atoms with Gasteiger partial charge in [-0.3, -0.25) is 4.79 Å². The molecule has 1 N–H and O–H groups in total. The first kappa shape index (κ1) is 14.8. The number of aliphatic carboxylic acids is 1. The lowest BCUT2D eigenvalue weighted by atomic mass is 9.93. The van der Waals surface area contributed by atoms with Crippen molar-refractivity contribution in [1.29, 1.82) is 0 Å². The molecule has 0 saturated carbocycles. The number of carboxylic acid groups (broad SMARTS) is 1. The number of hydrogen-bond acceptors (Lipinski definition) is 2. The van der Waals surface area contributed by atoms with Gasteiger partial charge in [0.25, 0.3) is 0 Å². The number of halogens is 2. The van der Waals surface area contributed by atoms with Gasteiger partial charge in [0.05, 0.1) is 5.92 Å². The molecule has 1 atom stereocenters. The van der Waals surface area contributed by atoms with Gasteiger partial charge in [0.15, 0.2) is 0 Å². The normalized spacial score (nSPS) is 12.1. The Morgan fingerprint density at radius 2 is 1.90 bits per heavy atom. The maximum atomic E-state index is 11.4. The van der Waals surface area contributed by atoms with Crippen molar-refractivity contribution in [2.75, 3.05) is 0 Å². The van der Waals surface area contributed by atoms with E-state index < -0.39 is 11.9 Å². The Morgan fingerprint density at radius 1 is 1.20 bits per heavy atom. The lowest BCUT2D eigenvalue weighted by Crippen LogP contribution is -2.19. The molecule has 3 nitrogen and oxygen atoms in total. The fraction of sp³-hybridized carbons (Fsp3) is 0.200. The summed E-state index contributed by atoms with van der Waals surface area (Å²) in [6.07, 6.45) is 2.31. The van der Waals surface area contributed by atoms with Crippen molar-refractivity contribution in [3.8, 4) is 0 Å². The van der Waals surface area contributed by atoms with E-state index in [1.165, 1.54) is 12.3 Å². The molecule has 5 heteroatoms. The average molecular weight is 310 g/mol. The van der Waals surface area contributed by atoms with E-state index in [1.807, 2.05) is 30.3 Å². The summed E-state index contributed by atoms with van der Waals surface area (Å²) in [6.45, 7) is 0. The Balaban J connectivity index is 2.15. The Kier molecular flexibility index (Phi) is 4.99. The Hall–Kier alpha value is -1.58. The summed E-state index contributed by atoms with van der Waals surface area (Å²) >= 11 is 11.8. The van der Waals surface area contributed by atoms with E-state index in [2.05, 4.69) is 4.98 Å². The van der Waals surface area contributed by atoms with Crippen LogP contribution in [0.4, 0.5) is 0 Å². The minimum atomic E-state index is -0.847. The molecule has 0 radical (unpaired) electrons. The van der Waals surface area contributed by atoms with Gasteiger partial charge in [0, 0.05) is 11.2 Å². The van der Waals surface area contributed by atoms with Crippen LogP contribution < -0.4 is 0 Å². The maximum absolute atomic E-state index is 11.4. The molecule has 1 aromatic carbocycles. The number of rotatable bonds is 5. The minimum absolute atomic E-state index is 0.300. The van der Waals surface area contributed by atoms with E-state index in [-0.39, 0.29) is 0 Å². The zero-order chi connectivity index (χ0) is 14.5. The molecule has 1 unspecified atom stereocenters. The number of hydrogen-bond donors (Lipinski definition) is 1. The van der Waals surface area contributed by atoms with Crippen molar-refractivity contribution in [1.82, 2.24) is 4.98 Å². The van der Waals surface area contributed by atoms with Crippen molar-refractivity contribution < 1.29 is 9.90 Å². The molecule has 0 aliphatic carbocycles.